The molecule has 1 radical (unpaired) electrons. The van der Waals surface area contributed by atoms with Crippen LogP contribution in [0.5, 0.6) is 0 Å². The van der Waals surface area contributed by atoms with Crippen LogP contribution in [-0.2, 0) is 0 Å². The molecule has 0 aromatic heterocycles. The molecule has 2 N–H and O–H groups in total. The molecule has 0 heterocycles. The molecule has 2 nitrogen and oxygen atoms in total. The monoisotopic (exact) mass is 289 g/mol. The third-order valence-corrected chi connectivity index (χ3v) is 0.512. The zero-order valence-electron chi connectivity index (χ0n) is 6.00. The minimum Gasteiger partial charge on any atom is -0.397 e. The van der Waals surface area contributed by atoms with Crippen molar-refractivity contribution < 1.29 is 47.1 Å². The smallest absolute Gasteiger partial charge is 0.0430 e. The van der Waals surface area contributed by atoms with E-state index in [4.69, 9.17) is 10.2 Å². The van der Waals surface area contributed by atoms with E-state index in [1.54, 1.807) is 6.92 Å². The van der Waals surface area contributed by atoms with Crippen molar-refractivity contribution in [1.29, 1.82) is 0 Å². The molecular weight excluding hydrogens is 273 g/mol. The van der Waals surface area contributed by atoms with E-state index in [0.717, 1.165) is 12.8 Å². The van der Waals surface area contributed by atoms with Crippen molar-refractivity contribution in [3.05, 3.63) is 0 Å². The summed E-state index contributed by atoms with van der Waals surface area (Å²) in [6, 6.07) is 0. The molecule has 0 aromatic carbocycles. The van der Waals surface area contributed by atoms with Gasteiger partial charge in [-0.05, 0) is 13.3 Å². The minimum atomic E-state index is 0. The number of hydrogen-bond acceptors (Lipinski definition) is 2. The number of rotatable bonds is 2. The minimum absolute atomic E-state index is 0. The van der Waals surface area contributed by atoms with Crippen molar-refractivity contribution in [3.8, 4) is 0 Å². The molecule has 0 fully saturated rings. The summed E-state index contributed by atoms with van der Waals surface area (Å²) in [4.78, 5) is 0. The molecular formula is C6H16O2Tm. The van der Waals surface area contributed by atoms with Gasteiger partial charge in [0.05, 0.1) is 0 Å². The Hall–Kier alpha value is 1.15. The normalized spacial score (nSPS) is 6.67. The molecule has 0 aliphatic rings. The first-order chi connectivity index (χ1) is 3.83. The maximum Gasteiger partial charge on any atom is 0.0430 e. The first kappa shape index (κ1) is 16.6. The molecule has 0 spiro atoms. The molecule has 0 saturated heterocycles. The SMILES string of the molecule is CCCCO.CCO.[Tm]. The van der Waals surface area contributed by atoms with Crippen LogP contribution >= 0.6 is 0 Å². The van der Waals surface area contributed by atoms with Crippen LogP contribution in [0.3, 0.4) is 0 Å². The Morgan fingerprint density at radius 3 is 1.44 bits per heavy atom. The number of aliphatic hydroxyl groups is 2. The van der Waals surface area contributed by atoms with Crippen molar-refractivity contribution in [1.82, 2.24) is 0 Å². The fourth-order valence-corrected chi connectivity index (χ4v) is 0.158. The summed E-state index contributed by atoms with van der Waals surface area (Å²) in [7, 11) is 0. The van der Waals surface area contributed by atoms with Crippen LogP contribution in [0.4, 0.5) is 0 Å². The molecule has 0 aromatic rings. The largest absolute Gasteiger partial charge is 0.397 e. The van der Waals surface area contributed by atoms with E-state index in [2.05, 4.69) is 6.92 Å². The Balaban J connectivity index is -0.0000000800. The van der Waals surface area contributed by atoms with E-state index < -0.39 is 0 Å². The molecule has 0 rings (SSSR count). The van der Waals surface area contributed by atoms with E-state index in [-0.39, 0.29) is 43.5 Å². The van der Waals surface area contributed by atoms with E-state index >= 15 is 0 Å². The topological polar surface area (TPSA) is 40.5 Å². The summed E-state index contributed by atoms with van der Waals surface area (Å²) >= 11 is 0. The van der Waals surface area contributed by atoms with Gasteiger partial charge in [0, 0.05) is 50.1 Å². The Bertz CT molecular complexity index is 25.0. The van der Waals surface area contributed by atoms with E-state index in [9.17, 15) is 0 Å². The van der Waals surface area contributed by atoms with Crippen molar-refractivity contribution in [2.45, 2.75) is 26.7 Å². The second-order valence-electron chi connectivity index (χ2n) is 1.39. The molecule has 0 atom stereocenters. The molecule has 0 aliphatic carbocycles. The maximum atomic E-state index is 8.07. The van der Waals surface area contributed by atoms with E-state index in [1.807, 2.05) is 0 Å². The van der Waals surface area contributed by atoms with Gasteiger partial charge < -0.3 is 10.2 Å². The molecule has 0 amide bonds. The molecule has 0 saturated carbocycles. The van der Waals surface area contributed by atoms with Crippen LogP contribution in [0.25, 0.3) is 0 Å². The fourth-order valence-electron chi connectivity index (χ4n) is 0.158. The third kappa shape index (κ3) is 47.1. The summed E-state index contributed by atoms with van der Waals surface area (Å²) in [6.07, 6.45) is 2.04. The van der Waals surface area contributed by atoms with Gasteiger partial charge >= 0.3 is 0 Å². The molecule has 0 aliphatic heterocycles. The fraction of sp³-hybridized carbons (Fsp3) is 1.00. The molecule has 0 unspecified atom stereocenters. The van der Waals surface area contributed by atoms with Gasteiger partial charge in [-0.2, -0.15) is 0 Å². The van der Waals surface area contributed by atoms with Gasteiger partial charge in [-0.15, -0.1) is 0 Å². The Kier molecular flexibility index (Phi) is 42.3. The van der Waals surface area contributed by atoms with Crippen LogP contribution in [0.1, 0.15) is 26.7 Å². The standard InChI is InChI=1S/C4H10O.C2H6O.Tm/c1-2-3-4-5;1-2-3;/h5H,2-4H2,1H3;3H,2H2,1H3;. The maximum absolute atomic E-state index is 8.07. The van der Waals surface area contributed by atoms with Crippen molar-refractivity contribution >= 4 is 0 Å². The number of hydrogen-bond donors (Lipinski definition) is 2. The average molecular weight is 289 g/mol. The summed E-state index contributed by atoms with van der Waals surface area (Å²) in [5, 5.41) is 15.6. The van der Waals surface area contributed by atoms with Gasteiger partial charge in [0.2, 0.25) is 0 Å². The quantitative estimate of drug-likeness (QED) is 0.788. The van der Waals surface area contributed by atoms with Crippen molar-refractivity contribution in [3.63, 3.8) is 0 Å². The van der Waals surface area contributed by atoms with Gasteiger partial charge in [-0.3, -0.25) is 0 Å². The zero-order chi connectivity index (χ0) is 6.83. The first-order valence-corrected chi connectivity index (χ1v) is 3.05. The predicted molar refractivity (Wildman–Crippen MR) is 34.8 cm³/mol. The van der Waals surface area contributed by atoms with Gasteiger partial charge in [-0.1, -0.05) is 13.3 Å². The second kappa shape index (κ2) is 22.9. The second-order valence-corrected chi connectivity index (χ2v) is 1.39. The summed E-state index contributed by atoms with van der Waals surface area (Å²) in [5.74, 6) is 0. The summed E-state index contributed by atoms with van der Waals surface area (Å²) < 4.78 is 0. The Morgan fingerprint density at radius 1 is 1.11 bits per heavy atom. The van der Waals surface area contributed by atoms with E-state index in [1.165, 1.54) is 0 Å². The molecule has 65 valence electrons. The van der Waals surface area contributed by atoms with Crippen LogP contribution < -0.4 is 0 Å². The zero-order valence-corrected chi connectivity index (χ0v) is 7.78. The van der Waals surface area contributed by atoms with Crippen LogP contribution in [0, 0.1) is 36.9 Å². The Morgan fingerprint density at radius 2 is 1.44 bits per heavy atom. The predicted octanol–water partition coefficient (Wildman–Crippen LogP) is 0.777. The summed E-state index contributed by atoms with van der Waals surface area (Å²) in [6.45, 7) is 4.33. The van der Waals surface area contributed by atoms with Gasteiger partial charge in [0.25, 0.3) is 0 Å². The van der Waals surface area contributed by atoms with Crippen molar-refractivity contribution in [2.24, 2.45) is 0 Å². The van der Waals surface area contributed by atoms with Crippen molar-refractivity contribution in [2.75, 3.05) is 13.2 Å². The molecule has 9 heavy (non-hydrogen) atoms. The number of unbranched alkanes of at least 4 members (excludes halogenated alkanes) is 1. The average Bonchev–Trinajstić information content (AvgIpc) is 1.71. The molecule has 3 heteroatoms. The third-order valence-electron chi connectivity index (χ3n) is 0.512. The first-order valence-electron chi connectivity index (χ1n) is 3.05. The van der Waals surface area contributed by atoms with Crippen LogP contribution in [0.2, 0.25) is 0 Å². The Labute approximate surface area is 86.5 Å². The van der Waals surface area contributed by atoms with Gasteiger partial charge in [-0.25, -0.2) is 0 Å². The van der Waals surface area contributed by atoms with Crippen LogP contribution in [-0.4, -0.2) is 23.4 Å². The molecule has 0 bridgehead atoms. The van der Waals surface area contributed by atoms with E-state index in [0.29, 0.717) is 6.61 Å². The van der Waals surface area contributed by atoms with Crippen LogP contribution in [0.15, 0.2) is 0 Å². The number of aliphatic hydroxyl groups excluding tert-OH is 2. The summed E-state index contributed by atoms with van der Waals surface area (Å²) in [5.41, 5.74) is 0. The van der Waals surface area contributed by atoms with Gasteiger partial charge in [0.1, 0.15) is 0 Å². The van der Waals surface area contributed by atoms with Gasteiger partial charge in [0.15, 0.2) is 0 Å².